The van der Waals surface area contributed by atoms with E-state index >= 15 is 0 Å². The monoisotopic (exact) mass is 392 g/mol. The molecule has 0 radical (unpaired) electrons. The van der Waals surface area contributed by atoms with Crippen LogP contribution in [0.5, 0.6) is 5.75 Å². The molecular weight excluding hydrogens is 368 g/mol. The molecule has 0 unspecified atom stereocenters. The molecule has 0 amide bonds. The number of likely N-dealkylation sites (tertiary alicyclic amines) is 1. The van der Waals surface area contributed by atoms with Gasteiger partial charge < -0.3 is 9.64 Å². The van der Waals surface area contributed by atoms with Gasteiger partial charge in [-0.05, 0) is 24.1 Å². The SMILES string of the molecule is CCN1CCC2(CC1)CN(S(=O)(=O)c1cccs1)Cc1ccccc1O2. The number of hydrogen-bond donors (Lipinski definition) is 0. The summed E-state index contributed by atoms with van der Waals surface area (Å²) in [6.07, 6.45) is 1.68. The molecule has 2 aliphatic heterocycles. The molecule has 0 atom stereocenters. The van der Waals surface area contributed by atoms with E-state index in [9.17, 15) is 8.42 Å². The quantitative estimate of drug-likeness (QED) is 0.805. The van der Waals surface area contributed by atoms with Gasteiger partial charge in [-0.2, -0.15) is 4.31 Å². The van der Waals surface area contributed by atoms with Crippen LogP contribution in [-0.2, 0) is 16.6 Å². The maximum atomic E-state index is 13.2. The lowest BCUT2D eigenvalue weighted by Crippen LogP contribution is -2.54. The molecule has 3 heterocycles. The molecule has 0 N–H and O–H groups in total. The fourth-order valence-corrected chi connectivity index (χ4v) is 6.45. The molecule has 1 spiro atoms. The minimum Gasteiger partial charge on any atom is -0.485 e. The highest BCUT2D eigenvalue weighted by Crippen LogP contribution is 2.37. The van der Waals surface area contributed by atoms with Gasteiger partial charge in [-0.15, -0.1) is 11.3 Å². The minimum absolute atomic E-state index is 0.357. The summed E-state index contributed by atoms with van der Waals surface area (Å²) in [7, 11) is -3.52. The number of thiophene rings is 1. The summed E-state index contributed by atoms with van der Waals surface area (Å²) in [5.74, 6) is 0.821. The zero-order chi connectivity index (χ0) is 18.2. The van der Waals surface area contributed by atoms with Crippen molar-refractivity contribution in [2.75, 3.05) is 26.2 Å². The maximum absolute atomic E-state index is 13.2. The third-order valence-electron chi connectivity index (χ3n) is 5.41. The topological polar surface area (TPSA) is 49.9 Å². The van der Waals surface area contributed by atoms with E-state index in [0.29, 0.717) is 17.3 Å². The zero-order valence-electron chi connectivity index (χ0n) is 14.9. The van der Waals surface area contributed by atoms with E-state index in [1.54, 1.807) is 16.4 Å². The first-order valence-electron chi connectivity index (χ1n) is 9.05. The Morgan fingerprint density at radius 3 is 2.62 bits per heavy atom. The average Bonchev–Trinajstić information content (AvgIpc) is 3.14. The molecule has 2 aliphatic rings. The highest BCUT2D eigenvalue weighted by molar-refractivity contribution is 7.91. The van der Waals surface area contributed by atoms with Crippen molar-refractivity contribution in [3.05, 3.63) is 47.3 Å². The number of rotatable bonds is 3. The van der Waals surface area contributed by atoms with Crippen molar-refractivity contribution in [1.29, 1.82) is 0 Å². The summed E-state index contributed by atoms with van der Waals surface area (Å²) in [5, 5.41) is 1.81. The van der Waals surface area contributed by atoms with Crippen LogP contribution in [0.4, 0.5) is 0 Å². The summed E-state index contributed by atoms with van der Waals surface area (Å²) in [6.45, 7) is 5.81. The van der Waals surface area contributed by atoms with Crippen LogP contribution < -0.4 is 4.74 Å². The zero-order valence-corrected chi connectivity index (χ0v) is 16.6. The molecule has 0 bridgehead atoms. The van der Waals surface area contributed by atoms with Crippen molar-refractivity contribution in [2.24, 2.45) is 0 Å². The second-order valence-electron chi connectivity index (χ2n) is 7.03. The molecule has 7 heteroatoms. The second kappa shape index (κ2) is 6.96. The minimum atomic E-state index is -3.52. The first-order valence-corrected chi connectivity index (χ1v) is 11.4. The summed E-state index contributed by atoms with van der Waals surface area (Å²) < 4.78 is 35.0. The van der Waals surface area contributed by atoms with Gasteiger partial charge >= 0.3 is 0 Å². The van der Waals surface area contributed by atoms with E-state index in [1.807, 2.05) is 29.6 Å². The van der Waals surface area contributed by atoms with Crippen LogP contribution in [0.3, 0.4) is 0 Å². The van der Waals surface area contributed by atoms with Crippen molar-refractivity contribution < 1.29 is 13.2 Å². The highest BCUT2D eigenvalue weighted by atomic mass is 32.2. The van der Waals surface area contributed by atoms with Crippen LogP contribution in [0.1, 0.15) is 25.3 Å². The number of para-hydroxylation sites is 1. The molecule has 5 nitrogen and oxygen atoms in total. The standard InChI is InChI=1S/C19H24N2O3S2/c1-2-20-11-9-19(10-12-20)15-21(26(22,23)18-8-5-13-25-18)14-16-6-3-4-7-17(16)24-19/h3-8,13H,2,9-12,14-15H2,1H3. The van der Waals surface area contributed by atoms with E-state index in [-0.39, 0.29) is 0 Å². The number of benzene rings is 1. The first-order chi connectivity index (χ1) is 12.5. The third-order valence-corrected chi connectivity index (χ3v) is 8.58. The Labute approximate surface area is 159 Å². The average molecular weight is 393 g/mol. The molecule has 140 valence electrons. The molecule has 1 saturated heterocycles. The molecule has 1 aromatic heterocycles. The van der Waals surface area contributed by atoms with E-state index in [2.05, 4.69) is 11.8 Å². The Balaban J connectivity index is 1.72. The van der Waals surface area contributed by atoms with Crippen molar-refractivity contribution in [3.8, 4) is 5.75 Å². The van der Waals surface area contributed by atoms with E-state index < -0.39 is 15.6 Å². The molecule has 1 aromatic carbocycles. The Kier molecular flexibility index (Phi) is 4.81. The van der Waals surface area contributed by atoms with E-state index in [1.165, 1.54) is 11.3 Å². The lowest BCUT2D eigenvalue weighted by atomic mass is 9.91. The third kappa shape index (κ3) is 3.29. The summed E-state index contributed by atoms with van der Waals surface area (Å²) in [4.78, 5) is 2.39. The van der Waals surface area contributed by atoms with E-state index in [4.69, 9.17) is 4.74 Å². The molecule has 0 aliphatic carbocycles. The number of sulfonamides is 1. The van der Waals surface area contributed by atoms with Gasteiger partial charge in [0, 0.05) is 38.0 Å². The lowest BCUT2D eigenvalue weighted by molar-refractivity contribution is -0.00425. The Morgan fingerprint density at radius 2 is 1.92 bits per heavy atom. The van der Waals surface area contributed by atoms with Gasteiger partial charge in [-0.25, -0.2) is 8.42 Å². The van der Waals surface area contributed by atoms with Gasteiger partial charge in [0.2, 0.25) is 0 Å². The van der Waals surface area contributed by atoms with Gasteiger partial charge in [0.15, 0.2) is 0 Å². The number of hydrogen-bond acceptors (Lipinski definition) is 5. The van der Waals surface area contributed by atoms with Crippen LogP contribution in [0.2, 0.25) is 0 Å². The van der Waals surface area contributed by atoms with E-state index in [0.717, 1.165) is 43.8 Å². The molecule has 0 saturated carbocycles. The fourth-order valence-electron chi connectivity index (χ4n) is 3.81. The maximum Gasteiger partial charge on any atom is 0.252 e. The first kappa shape index (κ1) is 18.0. The smallest absolute Gasteiger partial charge is 0.252 e. The predicted octanol–water partition coefficient (Wildman–Crippen LogP) is 3.19. The Morgan fingerprint density at radius 1 is 1.15 bits per heavy atom. The number of nitrogens with zero attached hydrogens (tertiary/aromatic N) is 2. The van der Waals surface area contributed by atoms with Crippen molar-refractivity contribution in [1.82, 2.24) is 9.21 Å². The number of piperidine rings is 1. The summed E-state index contributed by atoms with van der Waals surface area (Å²) in [5.41, 5.74) is 0.477. The molecule has 2 aromatic rings. The van der Waals surface area contributed by atoms with Crippen LogP contribution >= 0.6 is 11.3 Å². The van der Waals surface area contributed by atoms with Crippen LogP contribution in [0.25, 0.3) is 0 Å². The van der Waals surface area contributed by atoms with Crippen molar-refractivity contribution >= 4 is 21.4 Å². The molecule has 26 heavy (non-hydrogen) atoms. The summed E-state index contributed by atoms with van der Waals surface area (Å²) in [6, 6.07) is 11.3. The van der Waals surface area contributed by atoms with Gasteiger partial charge in [0.25, 0.3) is 10.0 Å². The second-order valence-corrected chi connectivity index (χ2v) is 10.1. The number of fused-ring (bicyclic) bond motifs is 1. The summed E-state index contributed by atoms with van der Waals surface area (Å²) >= 11 is 1.27. The lowest BCUT2D eigenvalue weighted by Gasteiger charge is -2.42. The predicted molar refractivity (Wildman–Crippen MR) is 103 cm³/mol. The van der Waals surface area contributed by atoms with Gasteiger partial charge in [0.05, 0.1) is 6.54 Å². The Hall–Kier alpha value is -1.41. The van der Waals surface area contributed by atoms with Crippen molar-refractivity contribution in [2.45, 2.75) is 36.1 Å². The normalized spacial score (nSPS) is 21.1. The van der Waals surface area contributed by atoms with Gasteiger partial charge in [0.1, 0.15) is 15.6 Å². The fraction of sp³-hybridized carbons (Fsp3) is 0.474. The van der Waals surface area contributed by atoms with Gasteiger partial charge in [-0.3, -0.25) is 0 Å². The molecule has 1 fully saturated rings. The largest absolute Gasteiger partial charge is 0.485 e. The highest BCUT2D eigenvalue weighted by Gasteiger charge is 2.43. The molecule has 4 rings (SSSR count). The number of ether oxygens (including phenoxy) is 1. The Bertz CT molecular complexity index is 857. The van der Waals surface area contributed by atoms with Crippen molar-refractivity contribution in [3.63, 3.8) is 0 Å². The van der Waals surface area contributed by atoms with Crippen LogP contribution in [0, 0.1) is 0 Å². The van der Waals surface area contributed by atoms with Crippen LogP contribution in [0.15, 0.2) is 46.0 Å². The van der Waals surface area contributed by atoms with Gasteiger partial charge in [-0.1, -0.05) is 31.2 Å². The van der Waals surface area contributed by atoms with Crippen LogP contribution in [-0.4, -0.2) is 49.4 Å². The molecular formula is C19H24N2O3S2.